The van der Waals surface area contributed by atoms with Gasteiger partial charge in [-0.25, -0.2) is 0 Å². The van der Waals surface area contributed by atoms with E-state index in [1.807, 2.05) is 6.08 Å². The van der Waals surface area contributed by atoms with Crippen molar-refractivity contribution >= 4 is 11.6 Å². The number of allylic oxidation sites excluding steroid dienone is 1. The van der Waals surface area contributed by atoms with Gasteiger partial charge in [0, 0.05) is 5.38 Å². The van der Waals surface area contributed by atoms with Crippen LogP contribution in [-0.2, 0) is 0 Å². The summed E-state index contributed by atoms with van der Waals surface area (Å²) in [5.41, 5.74) is 0. The first-order valence-corrected chi connectivity index (χ1v) is 5.99. The Morgan fingerprint density at radius 1 is 1.15 bits per heavy atom. The zero-order valence-corrected chi connectivity index (χ0v) is 9.65. The molecule has 0 saturated heterocycles. The zero-order valence-electron chi connectivity index (χ0n) is 8.90. The summed E-state index contributed by atoms with van der Waals surface area (Å²) in [5, 5.41) is 0.421. The highest BCUT2D eigenvalue weighted by Gasteiger charge is 2.01. The Labute approximate surface area is 88.4 Å². The third-order valence-electron chi connectivity index (χ3n) is 2.28. The first-order chi connectivity index (χ1) is 6.31. The van der Waals surface area contributed by atoms with Gasteiger partial charge in [-0.3, -0.25) is 0 Å². The average Bonchev–Trinajstić information content (AvgIpc) is 2.11. The van der Waals surface area contributed by atoms with E-state index in [2.05, 4.69) is 13.5 Å². The van der Waals surface area contributed by atoms with Crippen LogP contribution in [0.2, 0.25) is 0 Å². The molecule has 0 bridgehead atoms. The van der Waals surface area contributed by atoms with E-state index in [9.17, 15) is 0 Å². The molecule has 0 aromatic heterocycles. The van der Waals surface area contributed by atoms with Gasteiger partial charge in [0.1, 0.15) is 0 Å². The smallest absolute Gasteiger partial charge is 0.0336 e. The van der Waals surface area contributed by atoms with Crippen molar-refractivity contribution in [3.63, 3.8) is 0 Å². The third kappa shape index (κ3) is 9.95. The molecule has 0 fully saturated rings. The lowest BCUT2D eigenvalue weighted by Gasteiger charge is -2.06. The highest BCUT2D eigenvalue weighted by atomic mass is 35.5. The number of alkyl halides is 1. The van der Waals surface area contributed by atoms with Crippen LogP contribution >= 0.6 is 11.6 Å². The summed E-state index contributed by atoms with van der Waals surface area (Å²) in [7, 11) is 0. The predicted molar refractivity (Wildman–Crippen MR) is 62.4 cm³/mol. The summed E-state index contributed by atoms with van der Waals surface area (Å²) in [6.45, 7) is 5.90. The minimum Gasteiger partial charge on any atom is -0.123 e. The summed E-state index contributed by atoms with van der Waals surface area (Å²) < 4.78 is 0. The third-order valence-corrected chi connectivity index (χ3v) is 2.71. The summed E-state index contributed by atoms with van der Waals surface area (Å²) in [6.07, 6.45) is 12.0. The maximum absolute atomic E-state index is 6.10. The molecule has 0 N–H and O–H groups in total. The predicted octanol–water partition coefficient (Wildman–Crippen LogP) is 4.92. The van der Waals surface area contributed by atoms with Crippen molar-refractivity contribution < 1.29 is 0 Å². The van der Waals surface area contributed by atoms with E-state index in [1.54, 1.807) is 0 Å². The first-order valence-electron chi connectivity index (χ1n) is 5.56. The number of unbranched alkanes of at least 4 members (excludes halogenated alkanes) is 4. The maximum atomic E-state index is 6.10. The molecule has 0 aromatic rings. The Bertz CT molecular complexity index is 110. The number of rotatable bonds is 9. The molecule has 0 aliphatic heterocycles. The second kappa shape index (κ2) is 10.1. The van der Waals surface area contributed by atoms with Gasteiger partial charge in [-0.2, -0.15) is 0 Å². The second-order valence-electron chi connectivity index (χ2n) is 3.67. The van der Waals surface area contributed by atoms with Crippen LogP contribution in [0.15, 0.2) is 12.7 Å². The molecular formula is C12H23Cl. The largest absolute Gasteiger partial charge is 0.123 e. The number of halogens is 1. The second-order valence-corrected chi connectivity index (χ2v) is 4.28. The van der Waals surface area contributed by atoms with E-state index in [0.29, 0.717) is 5.38 Å². The van der Waals surface area contributed by atoms with Crippen molar-refractivity contribution in [2.24, 2.45) is 0 Å². The van der Waals surface area contributed by atoms with E-state index in [0.717, 1.165) is 0 Å². The standard InChI is InChI=1S/C12H23Cl/c1-3-5-6-7-8-9-11-12(13)10-4-2/h3,12H,1,4-11H2,2H3. The molecule has 1 heteroatoms. The summed E-state index contributed by atoms with van der Waals surface area (Å²) >= 11 is 6.10. The Morgan fingerprint density at radius 3 is 2.46 bits per heavy atom. The van der Waals surface area contributed by atoms with E-state index in [-0.39, 0.29) is 0 Å². The summed E-state index contributed by atoms with van der Waals surface area (Å²) in [5.74, 6) is 0. The Balaban J connectivity index is 3.01. The van der Waals surface area contributed by atoms with Gasteiger partial charge in [0.15, 0.2) is 0 Å². The quantitative estimate of drug-likeness (QED) is 0.283. The van der Waals surface area contributed by atoms with Gasteiger partial charge in [0.05, 0.1) is 0 Å². The number of hydrogen-bond donors (Lipinski definition) is 0. The van der Waals surface area contributed by atoms with E-state index >= 15 is 0 Å². The molecule has 0 rings (SSSR count). The van der Waals surface area contributed by atoms with Gasteiger partial charge >= 0.3 is 0 Å². The maximum Gasteiger partial charge on any atom is 0.0336 e. The fraction of sp³-hybridized carbons (Fsp3) is 0.833. The Morgan fingerprint density at radius 2 is 1.85 bits per heavy atom. The highest BCUT2D eigenvalue weighted by Crippen LogP contribution is 2.14. The molecule has 13 heavy (non-hydrogen) atoms. The van der Waals surface area contributed by atoms with Crippen LogP contribution in [0.3, 0.4) is 0 Å². The van der Waals surface area contributed by atoms with Crippen molar-refractivity contribution in [2.45, 2.75) is 63.7 Å². The van der Waals surface area contributed by atoms with Crippen LogP contribution in [0.5, 0.6) is 0 Å². The van der Waals surface area contributed by atoms with E-state index in [1.165, 1.54) is 51.4 Å². The lowest BCUT2D eigenvalue weighted by molar-refractivity contribution is 0.583. The van der Waals surface area contributed by atoms with Crippen molar-refractivity contribution in [1.29, 1.82) is 0 Å². The lowest BCUT2D eigenvalue weighted by atomic mass is 10.1. The van der Waals surface area contributed by atoms with Gasteiger partial charge in [0.25, 0.3) is 0 Å². The van der Waals surface area contributed by atoms with Gasteiger partial charge in [-0.15, -0.1) is 18.2 Å². The van der Waals surface area contributed by atoms with Crippen LogP contribution in [0.1, 0.15) is 58.3 Å². The molecular weight excluding hydrogens is 180 g/mol. The molecule has 0 aromatic carbocycles. The average molecular weight is 203 g/mol. The van der Waals surface area contributed by atoms with Gasteiger partial charge < -0.3 is 0 Å². The first kappa shape index (κ1) is 13.0. The molecule has 0 amide bonds. The van der Waals surface area contributed by atoms with Crippen LogP contribution in [0, 0.1) is 0 Å². The fourth-order valence-electron chi connectivity index (χ4n) is 1.47. The molecule has 0 radical (unpaired) electrons. The van der Waals surface area contributed by atoms with E-state index in [4.69, 9.17) is 11.6 Å². The van der Waals surface area contributed by atoms with Crippen molar-refractivity contribution in [3.8, 4) is 0 Å². The monoisotopic (exact) mass is 202 g/mol. The van der Waals surface area contributed by atoms with Crippen LogP contribution < -0.4 is 0 Å². The van der Waals surface area contributed by atoms with Crippen molar-refractivity contribution in [2.75, 3.05) is 0 Å². The molecule has 1 atom stereocenters. The van der Waals surface area contributed by atoms with Gasteiger partial charge in [0.2, 0.25) is 0 Å². The molecule has 0 heterocycles. The van der Waals surface area contributed by atoms with Crippen molar-refractivity contribution in [3.05, 3.63) is 12.7 Å². The molecule has 0 saturated carbocycles. The van der Waals surface area contributed by atoms with Crippen LogP contribution in [0.25, 0.3) is 0 Å². The molecule has 0 nitrogen and oxygen atoms in total. The van der Waals surface area contributed by atoms with Gasteiger partial charge in [-0.1, -0.05) is 38.7 Å². The molecule has 0 aliphatic rings. The SMILES string of the molecule is C=CCCCCCCC(Cl)CCC. The van der Waals surface area contributed by atoms with E-state index < -0.39 is 0 Å². The Hall–Kier alpha value is 0.0300. The lowest BCUT2D eigenvalue weighted by Crippen LogP contribution is -1.96. The molecule has 1 unspecified atom stereocenters. The minimum absolute atomic E-state index is 0.421. The molecule has 0 aliphatic carbocycles. The molecule has 0 spiro atoms. The zero-order chi connectivity index (χ0) is 9.94. The highest BCUT2D eigenvalue weighted by molar-refractivity contribution is 6.20. The number of hydrogen-bond acceptors (Lipinski definition) is 0. The minimum atomic E-state index is 0.421. The Kier molecular flexibility index (Phi) is 10.1. The summed E-state index contributed by atoms with van der Waals surface area (Å²) in [6, 6.07) is 0. The fourth-order valence-corrected chi connectivity index (χ4v) is 1.84. The van der Waals surface area contributed by atoms with Gasteiger partial charge in [-0.05, 0) is 25.7 Å². The molecule has 78 valence electrons. The normalized spacial score (nSPS) is 12.8. The van der Waals surface area contributed by atoms with Crippen molar-refractivity contribution in [1.82, 2.24) is 0 Å². The topological polar surface area (TPSA) is 0 Å². The van der Waals surface area contributed by atoms with Crippen LogP contribution in [0.4, 0.5) is 0 Å². The van der Waals surface area contributed by atoms with Crippen LogP contribution in [-0.4, -0.2) is 5.38 Å². The summed E-state index contributed by atoms with van der Waals surface area (Å²) in [4.78, 5) is 0.